The zero-order valence-corrected chi connectivity index (χ0v) is 11.7. The highest BCUT2D eigenvalue weighted by molar-refractivity contribution is 5.99. The van der Waals surface area contributed by atoms with Crippen molar-refractivity contribution in [1.82, 2.24) is 0 Å². The first-order valence-corrected chi connectivity index (χ1v) is 7.80. The predicted octanol–water partition coefficient (Wildman–Crippen LogP) is 1.28. The minimum atomic E-state index is -1.67. The Morgan fingerprint density at radius 3 is 2.43 bits per heavy atom. The van der Waals surface area contributed by atoms with Crippen LogP contribution >= 0.6 is 0 Å². The molecule has 116 valence electrons. The number of carbonyl (C=O) groups is 2. The standard InChI is InChI=1S/C15H20O6/c16-13(17)15(14(18)19)4-3-10-12(21-10)8(15)5-7-1-2-9-11(6-7)20-9/h7-12H,1-6H2,(H,16,17)(H,18,19). The number of carboxylic acids is 2. The van der Waals surface area contributed by atoms with E-state index < -0.39 is 23.3 Å². The number of carboxylic acid groups (broad SMARTS) is 2. The molecule has 2 aliphatic heterocycles. The molecule has 0 radical (unpaired) electrons. The fourth-order valence-electron chi connectivity index (χ4n) is 4.60. The molecule has 0 aromatic carbocycles. The number of rotatable bonds is 4. The SMILES string of the molecule is O=C(O)C1(C(=O)O)CCC2OC2C1CC1CCC2OC2C1. The van der Waals surface area contributed by atoms with Crippen molar-refractivity contribution in [3.05, 3.63) is 0 Å². The van der Waals surface area contributed by atoms with E-state index >= 15 is 0 Å². The van der Waals surface area contributed by atoms with Crippen LogP contribution in [-0.4, -0.2) is 46.6 Å². The third-order valence-electron chi connectivity index (χ3n) is 5.94. The molecule has 2 N–H and O–H groups in total. The van der Waals surface area contributed by atoms with Crippen molar-refractivity contribution in [2.45, 2.75) is 62.9 Å². The summed E-state index contributed by atoms with van der Waals surface area (Å²) in [5.41, 5.74) is -1.67. The lowest BCUT2D eigenvalue weighted by Crippen LogP contribution is -2.51. The Morgan fingerprint density at radius 2 is 1.76 bits per heavy atom. The molecule has 4 fully saturated rings. The molecule has 0 aromatic rings. The molecule has 21 heavy (non-hydrogen) atoms. The monoisotopic (exact) mass is 296 g/mol. The third kappa shape index (κ3) is 1.99. The zero-order chi connectivity index (χ0) is 14.8. The number of aliphatic carboxylic acids is 2. The van der Waals surface area contributed by atoms with E-state index in [0.717, 1.165) is 19.3 Å². The van der Waals surface area contributed by atoms with E-state index in [1.807, 2.05) is 0 Å². The molecular formula is C15H20O6. The molecule has 6 atom stereocenters. The second-order valence-corrected chi connectivity index (χ2v) is 6.99. The highest BCUT2D eigenvalue weighted by Gasteiger charge is 2.65. The van der Waals surface area contributed by atoms with E-state index in [9.17, 15) is 19.8 Å². The number of hydrogen-bond acceptors (Lipinski definition) is 4. The Balaban J connectivity index is 1.56. The van der Waals surface area contributed by atoms with Crippen LogP contribution < -0.4 is 0 Å². The molecule has 0 spiro atoms. The van der Waals surface area contributed by atoms with E-state index in [1.54, 1.807) is 0 Å². The number of epoxide rings is 2. The van der Waals surface area contributed by atoms with Gasteiger partial charge in [-0.15, -0.1) is 0 Å². The normalized spacial score (nSPS) is 46.1. The van der Waals surface area contributed by atoms with Crippen LogP contribution in [0.2, 0.25) is 0 Å². The van der Waals surface area contributed by atoms with Gasteiger partial charge in [-0.1, -0.05) is 0 Å². The number of fused-ring (bicyclic) bond motifs is 2. The van der Waals surface area contributed by atoms with Gasteiger partial charge in [-0.05, 0) is 44.4 Å². The lowest BCUT2D eigenvalue weighted by Gasteiger charge is -2.37. The molecule has 0 bridgehead atoms. The van der Waals surface area contributed by atoms with Crippen molar-refractivity contribution >= 4 is 11.9 Å². The minimum absolute atomic E-state index is 0.0790. The maximum absolute atomic E-state index is 11.7. The van der Waals surface area contributed by atoms with Crippen molar-refractivity contribution in [1.29, 1.82) is 0 Å². The molecule has 6 unspecified atom stereocenters. The molecule has 0 aromatic heterocycles. The molecule has 2 saturated heterocycles. The maximum atomic E-state index is 11.7. The van der Waals surface area contributed by atoms with Gasteiger partial charge in [0.15, 0.2) is 5.41 Å². The first-order valence-electron chi connectivity index (χ1n) is 7.80. The molecule has 4 aliphatic rings. The van der Waals surface area contributed by atoms with Crippen LogP contribution in [0.4, 0.5) is 0 Å². The van der Waals surface area contributed by atoms with Crippen LogP contribution in [0.3, 0.4) is 0 Å². The van der Waals surface area contributed by atoms with Gasteiger partial charge in [0.2, 0.25) is 0 Å². The van der Waals surface area contributed by atoms with Gasteiger partial charge in [0, 0.05) is 5.92 Å². The zero-order valence-electron chi connectivity index (χ0n) is 11.7. The summed E-state index contributed by atoms with van der Waals surface area (Å²) in [6, 6.07) is 0. The second-order valence-electron chi connectivity index (χ2n) is 6.99. The van der Waals surface area contributed by atoms with Gasteiger partial charge in [0.1, 0.15) is 0 Å². The largest absolute Gasteiger partial charge is 0.480 e. The summed E-state index contributed by atoms with van der Waals surface area (Å²) < 4.78 is 11.1. The predicted molar refractivity (Wildman–Crippen MR) is 69.7 cm³/mol. The van der Waals surface area contributed by atoms with Crippen LogP contribution in [0.15, 0.2) is 0 Å². The topological polar surface area (TPSA) is 99.7 Å². The highest BCUT2D eigenvalue weighted by atomic mass is 16.6. The summed E-state index contributed by atoms with van der Waals surface area (Å²) in [6.07, 6.45) is 4.94. The first kappa shape index (κ1) is 13.5. The summed E-state index contributed by atoms with van der Waals surface area (Å²) in [6.45, 7) is 0. The second kappa shape index (κ2) is 4.43. The van der Waals surface area contributed by atoms with E-state index in [-0.39, 0.29) is 18.6 Å². The molecule has 2 aliphatic carbocycles. The Hall–Kier alpha value is -1.14. The van der Waals surface area contributed by atoms with Gasteiger partial charge >= 0.3 is 11.9 Å². The van der Waals surface area contributed by atoms with Crippen LogP contribution in [0.25, 0.3) is 0 Å². The molecule has 4 rings (SSSR count). The Morgan fingerprint density at radius 1 is 1.00 bits per heavy atom. The molecule has 6 heteroatoms. The fraction of sp³-hybridized carbons (Fsp3) is 0.867. The number of ether oxygens (including phenoxy) is 2. The summed E-state index contributed by atoms with van der Waals surface area (Å²) in [4.78, 5) is 23.5. The van der Waals surface area contributed by atoms with Crippen LogP contribution in [0.5, 0.6) is 0 Å². The van der Waals surface area contributed by atoms with Crippen molar-refractivity contribution < 1.29 is 29.3 Å². The first-order chi connectivity index (χ1) is 10.0. The lowest BCUT2D eigenvalue weighted by molar-refractivity contribution is -0.172. The Labute approximate surface area is 122 Å². The van der Waals surface area contributed by atoms with Crippen LogP contribution in [0, 0.1) is 17.3 Å². The average Bonchev–Trinajstić information content (AvgIpc) is 3.32. The van der Waals surface area contributed by atoms with Gasteiger partial charge < -0.3 is 19.7 Å². The quantitative estimate of drug-likeness (QED) is 0.599. The van der Waals surface area contributed by atoms with E-state index in [0.29, 0.717) is 31.0 Å². The molecule has 0 amide bonds. The van der Waals surface area contributed by atoms with Gasteiger partial charge in [-0.25, -0.2) is 0 Å². The van der Waals surface area contributed by atoms with Crippen molar-refractivity contribution in [2.75, 3.05) is 0 Å². The van der Waals surface area contributed by atoms with Crippen molar-refractivity contribution in [3.63, 3.8) is 0 Å². The molecule has 2 heterocycles. The van der Waals surface area contributed by atoms with Crippen LogP contribution in [-0.2, 0) is 19.1 Å². The number of hydrogen-bond donors (Lipinski definition) is 2. The molecule has 6 nitrogen and oxygen atoms in total. The smallest absolute Gasteiger partial charge is 0.321 e. The van der Waals surface area contributed by atoms with Gasteiger partial charge in [0.05, 0.1) is 24.4 Å². The average molecular weight is 296 g/mol. The third-order valence-corrected chi connectivity index (χ3v) is 5.94. The molecular weight excluding hydrogens is 276 g/mol. The van der Waals surface area contributed by atoms with Gasteiger partial charge in [-0.3, -0.25) is 9.59 Å². The van der Waals surface area contributed by atoms with Crippen molar-refractivity contribution in [3.8, 4) is 0 Å². The van der Waals surface area contributed by atoms with E-state index in [4.69, 9.17) is 9.47 Å². The Kier molecular flexibility index (Phi) is 2.85. The van der Waals surface area contributed by atoms with E-state index in [2.05, 4.69) is 0 Å². The maximum Gasteiger partial charge on any atom is 0.321 e. The summed E-state index contributed by atoms with van der Waals surface area (Å²) >= 11 is 0. The highest BCUT2D eigenvalue weighted by Crippen LogP contribution is 2.55. The van der Waals surface area contributed by atoms with Crippen molar-refractivity contribution in [2.24, 2.45) is 17.3 Å². The summed E-state index contributed by atoms with van der Waals surface area (Å²) in [5.74, 6) is -2.46. The van der Waals surface area contributed by atoms with E-state index in [1.165, 1.54) is 0 Å². The summed E-state index contributed by atoms with van der Waals surface area (Å²) in [5, 5.41) is 19.2. The van der Waals surface area contributed by atoms with Crippen LogP contribution in [0.1, 0.15) is 38.5 Å². The summed E-state index contributed by atoms with van der Waals surface area (Å²) in [7, 11) is 0. The van der Waals surface area contributed by atoms with Gasteiger partial charge in [0.25, 0.3) is 0 Å². The lowest BCUT2D eigenvalue weighted by atomic mass is 9.62. The Bertz CT molecular complexity index is 475. The van der Waals surface area contributed by atoms with Gasteiger partial charge in [-0.2, -0.15) is 0 Å². The minimum Gasteiger partial charge on any atom is -0.480 e. The fourth-order valence-corrected chi connectivity index (χ4v) is 4.60. The molecule has 2 saturated carbocycles.